The highest BCUT2D eigenvalue weighted by molar-refractivity contribution is 7.99. The molecule has 2 aromatic carbocycles. The second-order valence-corrected chi connectivity index (χ2v) is 10.8. The number of nitrogens with one attached hydrogen (secondary N) is 3. The van der Waals surface area contributed by atoms with Crippen LogP contribution in [0, 0.1) is 0 Å². The molecule has 3 atom stereocenters. The van der Waals surface area contributed by atoms with Crippen LogP contribution in [0.25, 0.3) is 0 Å². The van der Waals surface area contributed by atoms with Gasteiger partial charge in [-0.25, -0.2) is 9.48 Å². The molecule has 0 bridgehead atoms. The van der Waals surface area contributed by atoms with E-state index in [0.717, 1.165) is 16.7 Å². The van der Waals surface area contributed by atoms with Crippen molar-refractivity contribution >= 4 is 35.5 Å². The van der Waals surface area contributed by atoms with Crippen molar-refractivity contribution in [2.45, 2.75) is 30.0 Å². The van der Waals surface area contributed by atoms with E-state index in [4.69, 9.17) is 4.74 Å². The van der Waals surface area contributed by atoms with Crippen molar-refractivity contribution in [1.82, 2.24) is 56.4 Å². The monoisotopic (exact) mass is 649 g/mol. The quantitative estimate of drug-likeness (QED) is 0.0642. The summed E-state index contributed by atoms with van der Waals surface area (Å²) in [4.78, 5) is 53.0. The zero-order chi connectivity index (χ0) is 32.4. The fourth-order valence-corrected chi connectivity index (χ4v) is 5.70. The van der Waals surface area contributed by atoms with Crippen molar-refractivity contribution in [3.05, 3.63) is 76.8 Å². The number of ether oxygens (including phenoxy) is 1. The van der Waals surface area contributed by atoms with Gasteiger partial charge in [-0.2, -0.15) is 5.21 Å². The third-order valence-electron chi connectivity index (χ3n) is 7.03. The summed E-state index contributed by atoms with van der Waals surface area (Å²) in [6.45, 7) is -0.0574. The number of benzene rings is 2. The Hall–Kier alpha value is -5.89. The number of nitrogens with zero attached hydrogens (tertiary/aromatic N) is 8. The topological polar surface area (TPSA) is 264 Å². The number of carboxylic acids is 1. The number of phenols is 2. The van der Waals surface area contributed by atoms with E-state index < -0.39 is 53.5 Å². The molecule has 2 unspecified atom stereocenters. The molecule has 1 saturated heterocycles. The molecule has 0 radical (unpaired) electrons. The number of aromatic nitrogens is 8. The van der Waals surface area contributed by atoms with Crippen LogP contribution in [0.5, 0.6) is 11.5 Å². The van der Waals surface area contributed by atoms with E-state index in [1.807, 2.05) is 0 Å². The lowest BCUT2D eigenvalue weighted by Crippen LogP contribution is -2.73. The number of β-lactam (4-membered cyclic amide) rings is 1. The van der Waals surface area contributed by atoms with Crippen LogP contribution in [0.3, 0.4) is 0 Å². The number of para-hydroxylation sites is 1. The number of carbonyl (C=O) groups excluding carboxylic acids is 3. The van der Waals surface area contributed by atoms with Crippen molar-refractivity contribution in [2.24, 2.45) is 0 Å². The first-order valence-electron chi connectivity index (χ1n) is 13.4. The minimum absolute atomic E-state index is 0.0613. The number of aliphatic carboxylic acids is 1. The minimum atomic E-state index is -1.37. The molecule has 4 heterocycles. The van der Waals surface area contributed by atoms with Gasteiger partial charge < -0.3 is 30.7 Å². The third kappa shape index (κ3) is 5.80. The molecule has 4 aromatic rings. The normalized spacial score (nSPS) is 18.0. The Morgan fingerprint density at radius 3 is 2.65 bits per heavy atom. The summed E-state index contributed by atoms with van der Waals surface area (Å²) < 4.78 is 7.22. The van der Waals surface area contributed by atoms with Gasteiger partial charge in [0, 0.05) is 5.75 Å². The van der Waals surface area contributed by atoms with Gasteiger partial charge in [0.25, 0.3) is 11.8 Å². The number of carbonyl (C=O) groups is 4. The number of aromatic amines is 1. The predicted molar refractivity (Wildman–Crippen MR) is 151 cm³/mol. The van der Waals surface area contributed by atoms with Gasteiger partial charge >= 0.3 is 5.97 Å². The molecule has 0 spiro atoms. The molecule has 1 fully saturated rings. The van der Waals surface area contributed by atoms with Crippen molar-refractivity contribution in [1.29, 1.82) is 0 Å². The molecule has 6 N–H and O–H groups in total. The summed E-state index contributed by atoms with van der Waals surface area (Å²) in [5.41, 5.74) is 0.0686. The first-order valence-corrected chi connectivity index (χ1v) is 14.4. The molecule has 236 valence electrons. The smallest absolute Gasteiger partial charge is 0.352 e. The largest absolute Gasteiger partial charge is 0.504 e. The highest BCUT2D eigenvalue weighted by atomic mass is 32.2. The molecule has 2 aliphatic heterocycles. The van der Waals surface area contributed by atoms with Crippen LogP contribution in [-0.2, 0) is 25.7 Å². The zero-order valence-electron chi connectivity index (χ0n) is 23.3. The fourth-order valence-electron chi connectivity index (χ4n) is 4.83. The van der Waals surface area contributed by atoms with Gasteiger partial charge in [-0.15, -0.1) is 15.3 Å². The van der Waals surface area contributed by atoms with E-state index in [1.54, 1.807) is 30.3 Å². The molecule has 20 heteroatoms. The number of tetrazole rings is 2. The first kappa shape index (κ1) is 30.1. The van der Waals surface area contributed by atoms with Crippen LogP contribution in [-0.4, -0.2) is 109 Å². The van der Waals surface area contributed by atoms with Gasteiger partial charge in [0.05, 0.1) is 12.2 Å². The second kappa shape index (κ2) is 12.6. The van der Waals surface area contributed by atoms with E-state index in [1.165, 1.54) is 22.9 Å². The van der Waals surface area contributed by atoms with Gasteiger partial charge in [0.2, 0.25) is 11.1 Å². The third-order valence-corrected chi connectivity index (χ3v) is 8.08. The van der Waals surface area contributed by atoms with Crippen molar-refractivity contribution < 1.29 is 39.2 Å². The molecule has 6 rings (SSSR count). The van der Waals surface area contributed by atoms with Crippen LogP contribution in [0.2, 0.25) is 0 Å². The Morgan fingerprint density at radius 1 is 1.11 bits per heavy atom. The molecule has 0 saturated carbocycles. The van der Waals surface area contributed by atoms with E-state index in [2.05, 4.69) is 46.8 Å². The van der Waals surface area contributed by atoms with Gasteiger partial charge in [0.15, 0.2) is 29.6 Å². The molecule has 19 nitrogen and oxygen atoms in total. The summed E-state index contributed by atoms with van der Waals surface area (Å²) in [5, 5.41) is 60.3. The Kier molecular flexibility index (Phi) is 8.27. The molecular formula is C26H23N11O8S. The predicted octanol–water partition coefficient (Wildman–Crippen LogP) is -1.07. The lowest BCUT2D eigenvalue weighted by Gasteiger charge is -2.49. The van der Waals surface area contributed by atoms with Crippen LogP contribution >= 0.6 is 11.8 Å². The molecule has 2 aliphatic rings. The molecule has 46 heavy (non-hydrogen) atoms. The van der Waals surface area contributed by atoms with Crippen molar-refractivity contribution in [2.75, 3.05) is 12.4 Å². The zero-order valence-corrected chi connectivity index (χ0v) is 24.2. The van der Waals surface area contributed by atoms with Gasteiger partial charge in [-0.05, 0) is 33.7 Å². The Bertz CT molecular complexity index is 1830. The van der Waals surface area contributed by atoms with Crippen LogP contribution in [0.1, 0.15) is 27.8 Å². The first-order chi connectivity index (χ1) is 22.2. The maximum Gasteiger partial charge on any atom is 0.352 e. The number of rotatable bonds is 11. The lowest BCUT2D eigenvalue weighted by atomic mass is 9.97. The number of thioether (sulfide) groups is 1. The Balaban J connectivity index is 1.16. The summed E-state index contributed by atoms with van der Waals surface area (Å²) >= 11 is 1.11. The number of phenolic OH excluding ortho intramolecular Hbond substituents is 2. The number of aromatic hydroxyl groups is 2. The Labute approximate surface area is 261 Å². The maximum absolute atomic E-state index is 13.5. The minimum Gasteiger partial charge on any atom is -0.504 e. The summed E-state index contributed by atoms with van der Waals surface area (Å²) in [6.07, 6.45) is -1.12. The summed E-state index contributed by atoms with van der Waals surface area (Å²) in [7, 11) is 0. The highest BCUT2D eigenvalue weighted by Crippen LogP contribution is 2.35. The number of fused-ring (bicyclic) bond motifs is 1. The summed E-state index contributed by atoms with van der Waals surface area (Å²) in [5.74, 6) is -4.56. The van der Waals surface area contributed by atoms with Crippen molar-refractivity contribution in [3.8, 4) is 11.5 Å². The van der Waals surface area contributed by atoms with Crippen LogP contribution < -0.4 is 10.6 Å². The SMILES string of the molecule is O=C(O)C1=C(CSc2nnnn2Cc2nn[nH]n2)COC2[C@@H](NC(=O)C(NC(=O)c3cccc(O)c3O)c3ccccc3)C(=O)N12. The lowest BCUT2D eigenvalue weighted by molar-refractivity contribution is -0.184. The average Bonchev–Trinajstić information content (AvgIpc) is 3.74. The number of amides is 3. The fraction of sp³-hybridized carbons (Fsp3) is 0.231. The highest BCUT2D eigenvalue weighted by Gasteiger charge is 2.55. The van der Waals surface area contributed by atoms with Crippen LogP contribution in [0.4, 0.5) is 0 Å². The molecular weight excluding hydrogens is 626 g/mol. The number of H-pyrrole nitrogens is 1. The van der Waals surface area contributed by atoms with Gasteiger partial charge in [-0.1, -0.05) is 53.4 Å². The Morgan fingerprint density at radius 2 is 1.91 bits per heavy atom. The maximum atomic E-state index is 13.5. The van der Waals surface area contributed by atoms with E-state index in [0.29, 0.717) is 16.5 Å². The average molecular weight is 650 g/mol. The van der Waals surface area contributed by atoms with E-state index >= 15 is 0 Å². The van der Waals surface area contributed by atoms with E-state index in [9.17, 15) is 34.5 Å². The number of carboxylic acid groups (broad SMARTS) is 1. The number of hydrogen-bond acceptors (Lipinski definition) is 14. The standard InChI is InChI=1S/C26H23N11O8S/c38-15-8-4-7-14(20(15)39)21(40)27-17(12-5-2-1-3-6-12)22(41)28-18-23(42)37-19(25(43)44)13(10-45-24(18)37)11-46-26-31-34-35-36(26)9-16-29-32-33-30-16/h1-8,17-18,24,38-39H,9-11H2,(H,27,40)(H,28,41)(H,43,44)(H,29,30,32,33)/t17?,18-,24?/m0/s1. The van der Waals surface area contributed by atoms with E-state index in [-0.39, 0.29) is 35.7 Å². The van der Waals surface area contributed by atoms with Gasteiger partial charge in [0.1, 0.15) is 18.3 Å². The van der Waals surface area contributed by atoms with Crippen molar-refractivity contribution in [3.63, 3.8) is 0 Å². The summed E-state index contributed by atoms with van der Waals surface area (Å²) in [6, 6.07) is 9.35. The number of hydrogen-bond donors (Lipinski definition) is 6. The van der Waals surface area contributed by atoms with Gasteiger partial charge in [-0.3, -0.25) is 19.3 Å². The van der Waals surface area contributed by atoms with Crippen LogP contribution in [0.15, 0.2) is 65.0 Å². The second-order valence-electron chi connectivity index (χ2n) is 9.88. The molecule has 0 aliphatic carbocycles. The molecule has 3 amide bonds. The molecule has 2 aromatic heterocycles.